The monoisotopic (exact) mass is 399 g/mol. The van der Waals surface area contributed by atoms with Gasteiger partial charge in [0.15, 0.2) is 22.6 Å². The highest BCUT2D eigenvalue weighted by molar-refractivity contribution is 7.22. The van der Waals surface area contributed by atoms with Crippen LogP contribution in [0.3, 0.4) is 0 Å². The van der Waals surface area contributed by atoms with E-state index in [9.17, 15) is 13.6 Å². The van der Waals surface area contributed by atoms with Crippen molar-refractivity contribution in [2.45, 2.75) is 19.8 Å². The van der Waals surface area contributed by atoms with Crippen LogP contribution >= 0.6 is 11.3 Å². The van der Waals surface area contributed by atoms with Crippen LogP contribution in [0.25, 0.3) is 16.0 Å². The van der Waals surface area contributed by atoms with E-state index in [0.29, 0.717) is 21.8 Å². The van der Waals surface area contributed by atoms with Gasteiger partial charge in [-0.15, -0.1) is 0 Å². The maximum Gasteiger partial charge on any atom is 0.260 e. The average molecular weight is 399 g/mol. The minimum absolute atomic E-state index is 0.00353. The number of aromatic nitrogens is 4. The summed E-state index contributed by atoms with van der Waals surface area (Å²) in [7, 11) is 0. The van der Waals surface area contributed by atoms with Crippen LogP contribution in [0.1, 0.15) is 35.8 Å². The first-order valence-corrected chi connectivity index (χ1v) is 9.32. The molecule has 0 radical (unpaired) electrons. The number of carbonyl (C=O) groups excluding carboxylic acids is 1. The molecule has 0 spiro atoms. The number of benzene rings is 1. The van der Waals surface area contributed by atoms with Crippen molar-refractivity contribution < 1.29 is 13.6 Å². The molecule has 0 aliphatic heterocycles. The zero-order valence-electron chi connectivity index (χ0n) is 15.0. The molecule has 0 saturated carbocycles. The van der Waals surface area contributed by atoms with Gasteiger partial charge in [-0.3, -0.25) is 10.1 Å². The SMILES string of the molecule is CC(C)c1c(C(=O)Nc2nc3cc(F)c(F)cc3s2)cnn1-c1ccccn1. The van der Waals surface area contributed by atoms with Crippen molar-refractivity contribution in [1.82, 2.24) is 19.7 Å². The lowest BCUT2D eigenvalue weighted by Crippen LogP contribution is -2.15. The van der Waals surface area contributed by atoms with Crippen molar-refractivity contribution >= 4 is 32.6 Å². The molecule has 0 unspecified atom stereocenters. The van der Waals surface area contributed by atoms with Gasteiger partial charge in [0.25, 0.3) is 5.91 Å². The van der Waals surface area contributed by atoms with Crippen molar-refractivity contribution in [1.29, 1.82) is 0 Å². The van der Waals surface area contributed by atoms with Gasteiger partial charge in [0.2, 0.25) is 0 Å². The third-order valence-corrected chi connectivity index (χ3v) is 5.05. The van der Waals surface area contributed by atoms with Crippen LogP contribution < -0.4 is 5.32 Å². The molecular weight excluding hydrogens is 384 g/mol. The second-order valence-electron chi connectivity index (χ2n) is 6.41. The van der Waals surface area contributed by atoms with E-state index in [2.05, 4.69) is 20.4 Å². The maximum absolute atomic E-state index is 13.4. The Balaban J connectivity index is 1.68. The number of hydrogen-bond acceptors (Lipinski definition) is 5. The molecule has 0 aliphatic carbocycles. The van der Waals surface area contributed by atoms with E-state index in [0.717, 1.165) is 23.5 Å². The molecule has 4 aromatic rings. The lowest BCUT2D eigenvalue weighted by atomic mass is 10.1. The summed E-state index contributed by atoms with van der Waals surface area (Å²) in [5, 5.41) is 7.26. The lowest BCUT2D eigenvalue weighted by molar-refractivity contribution is 0.102. The first-order valence-electron chi connectivity index (χ1n) is 8.50. The van der Waals surface area contributed by atoms with E-state index in [1.54, 1.807) is 23.0 Å². The molecule has 3 heterocycles. The fraction of sp³-hybridized carbons (Fsp3) is 0.158. The van der Waals surface area contributed by atoms with Crippen molar-refractivity contribution in [3.05, 3.63) is 65.6 Å². The summed E-state index contributed by atoms with van der Waals surface area (Å²) in [6, 6.07) is 7.52. The van der Waals surface area contributed by atoms with Crippen molar-refractivity contribution in [2.24, 2.45) is 0 Å². The summed E-state index contributed by atoms with van der Waals surface area (Å²) in [6.07, 6.45) is 3.13. The summed E-state index contributed by atoms with van der Waals surface area (Å²) < 4.78 is 28.8. The third kappa shape index (κ3) is 3.24. The van der Waals surface area contributed by atoms with E-state index in [-0.39, 0.29) is 16.6 Å². The second kappa shape index (κ2) is 7.08. The van der Waals surface area contributed by atoms with Crippen LogP contribution in [0.2, 0.25) is 0 Å². The minimum Gasteiger partial charge on any atom is -0.298 e. The highest BCUT2D eigenvalue weighted by Crippen LogP contribution is 2.29. The molecule has 0 aliphatic rings. The summed E-state index contributed by atoms with van der Waals surface area (Å²) in [6.45, 7) is 3.91. The first-order chi connectivity index (χ1) is 13.4. The van der Waals surface area contributed by atoms with Gasteiger partial charge in [0.1, 0.15) is 0 Å². The Morgan fingerprint density at radius 1 is 1.21 bits per heavy atom. The summed E-state index contributed by atoms with van der Waals surface area (Å²) >= 11 is 1.07. The van der Waals surface area contributed by atoms with Crippen LogP contribution in [-0.4, -0.2) is 25.7 Å². The molecule has 9 heteroatoms. The summed E-state index contributed by atoms with van der Waals surface area (Å²) in [5.74, 6) is -1.71. The number of anilines is 1. The molecule has 0 saturated heterocycles. The highest BCUT2D eigenvalue weighted by atomic mass is 32.1. The molecule has 0 atom stereocenters. The number of pyridine rings is 1. The van der Waals surface area contributed by atoms with Gasteiger partial charge in [-0.1, -0.05) is 31.3 Å². The molecule has 1 amide bonds. The van der Waals surface area contributed by atoms with Gasteiger partial charge in [0, 0.05) is 12.3 Å². The molecule has 4 rings (SSSR count). The Morgan fingerprint density at radius 2 is 2.00 bits per heavy atom. The molecule has 142 valence electrons. The van der Waals surface area contributed by atoms with E-state index in [4.69, 9.17) is 0 Å². The molecular formula is C19H15F2N5OS. The zero-order valence-corrected chi connectivity index (χ0v) is 15.8. The van der Waals surface area contributed by atoms with Gasteiger partial charge in [0.05, 0.1) is 27.7 Å². The molecule has 1 aromatic carbocycles. The molecule has 3 aromatic heterocycles. The van der Waals surface area contributed by atoms with Gasteiger partial charge >= 0.3 is 0 Å². The molecule has 6 nitrogen and oxygen atoms in total. The zero-order chi connectivity index (χ0) is 19.8. The summed E-state index contributed by atoms with van der Waals surface area (Å²) in [4.78, 5) is 21.3. The van der Waals surface area contributed by atoms with E-state index in [1.807, 2.05) is 19.9 Å². The van der Waals surface area contributed by atoms with Crippen molar-refractivity contribution in [3.63, 3.8) is 0 Å². The number of thiazole rings is 1. The predicted molar refractivity (Wildman–Crippen MR) is 103 cm³/mol. The number of nitrogens with one attached hydrogen (secondary N) is 1. The minimum atomic E-state index is -0.977. The van der Waals surface area contributed by atoms with Gasteiger partial charge in [-0.05, 0) is 24.1 Å². The number of halogens is 2. The molecule has 0 fully saturated rings. The number of nitrogens with zero attached hydrogens (tertiary/aromatic N) is 4. The number of carbonyl (C=O) groups is 1. The molecule has 28 heavy (non-hydrogen) atoms. The van der Waals surface area contributed by atoms with Gasteiger partial charge in [-0.2, -0.15) is 5.10 Å². The number of fused-ring (bicyclic) bond motifs is 1. The lowest BCUT2D eigenvalue weighted by Gasteiger charge is -2.11. The highest BCUT2D eigenvalue weighted by Gasteiger charge is 2.22. The van der Waals surface area contributed by atoms with Gasteiger partial charge in [-0.25, -0.2) is 23.4 Å². The van der Waals surface area contributed by atoms with Crippen molar-refractivity contribution in [3.8, 4) is 5.82 Å². The van der Waals surface area contributed by atoms with Crippen LogP contribution in [-0.2, 0) is 0 Å². The Labute approximate surface area is 162 Å². The van der Waals surface area contributed by atoms with Crippen LogP contribution in [0.15, 0.2) is 42.7 Å². The molecule has 0 bridgehead atoms. The van der Waals surface area contributed by atoms with E-state index >= 15 is 0 Å². The Morgan fingerprint density at radius 3 is 2.71 bits per heavy atom. The van der Waals surface area contributed by atoms with E-state index in [1.165, 1.54) is 6.20 Å². The Bertz CT molecular complexity index is 1130. The number of hydrogen-bond donors (Lipinski definition) is 1. The van der Waals surface area contributed by atoms with Crippen LogP contribution in [0.5, 0.6) is 0 Å². The fourth-order valence-electron chi connectivity index (χ4n) is 2.89. The molecule has 1 N–H and O–H groups in total. The largest absolute Gasteiger partial charge is 0.298 e. The van der Waals surface area contributed by atoms with Crippen LogP contribution in [0.4, 0.5) is 13.9 Å². The smallest absolute Gasteiger partial charge is 0.260 e. The topological polar surface area (TPSA) is 72.7 Å². The van der Waals surface area contributed by atoms with E-state index < -0.39 is 17.5 Å². The quantitative estimate of drug-likeness (QED) is 0.547. The predicted octanol–water partition coefficient (Wildman–Crippen LogP) is 4.53. The summed E-state index contributed by atoms with van der Waals surface area (Å²) in [5.41, 5.74) is 1.37. The normalized spacial score (nSPS) is 11.3. The fourth-order valence-corrected chi connectivity index (χ4v) is 3.76. The third-order valence-electron chi connectivity index (χ3n) is 4.12. The van der Waals surface area contributed by atoms with Crippen molar-refractivity contribution in [2.75, 3.05) is 5.32 Å². The Hall–Kier alpha value is -3.20. The second-order valence-corrected chi connectivity index (χ2v) is 7.44. The maximum atomic E-state index is 13.4. The number of rotatable bonds is 4. The number of amides is 1. The Kier molecular flexibility index (Phi) is 4.60. The van der Waals surface area contributed by atoms with Crippen LogP contribution in [0, 0.1) is 11.6 Å². The first kappa shape index (κ1) is 18.2. The average Bonchev–Trinajstić information content (AvgIpc) is 3.27. The standard InChI is InChI=1S/C19H15F2N5OS/c1-10(2)17-11(9-23-26(17)16-5-3-4-6-22-16)18(27)25-19-24-14-7-12(20)13(21)8-15(14)28-19/h3-10H,1-2H3,(H,24,25,27). The van der Waals surface area contributed by atoms with Gasteiger partial charge < -0.3 is 0 Å².